The molecular weight excluding hydrogens is 321 g/mol. The summed E-state index contributed by atoms with van der Waals surface area (Å²) in [7, 11) is 0. The van der Waals surface area contributed by atoms with E-state index < -0.39 is 6.10 Å². The predicted molar refractivity (Wildman–Crippen MR) is 89.7 cm³/mol. The largest absolute Gasteiger partial charge is 0.479 e. The van der Waals surface area contributed by atoms with Gasteiger partial charge in [-0.1, -0.05) is 53.5 Å². The van der Waals surface area contributed by atoms with Crippen LogP contribution in [0.1, 0.15) is 12.5 Å². The number of rotatable bonds is 6. The Balaban J connectivity index is 1.83. The zero-order valence-electron chi connectivity index (χ0n) is 12.2. The Bertz CT molecular complexity index is 632. The maximum absolute atomic E-state index is 12.0. The predicted octanol–water partition coefficient (Wildman–Crippen LogP) is 4.12. The first-order valence-corrected chi connectivity index (χ1v) is 7.75. The first kappa shape index (κ1) is 16.7. The van der Waals surface area contributed by atoms with Crippen molar-refractivity contribution in [3.63, 3.8) is 0 Å². The SMILES string of the molecule is C[C@@H](Oc1cc(Cl)ccc1Cl)C(=O)NCCc1ccccc1. The molecule has 0 aromatic heterocycles. The van der Waals surface area contributed by atoms with Crippen molar-refractivity contribution in [3.05, 3.63) is 64.1 Å². The molecular formula is C17H17Cl2NO2. The summed E-state index contributed by atoms with van der Waals surface area (Å²) in [4.78, 5) is 12.0. The van der Waals surface area contributed by atoms with Gasteiger partial charge in [-0.3, -0.25) is 4.79 Å². The number of amides is 1. The van der Waals surface area contributed by atoms with Crippen molar-refractivity contribution < 1.29 is 9.53 Å². The Morgan fingerprint density at radius 2 is 1.91 bits per heavy atom. The fourth-order valence-corrected chi connectivity index (χ4v) is 2.25. The van der Waals surface area contributed by atoms with E-state index >= 15 is 0 Å². The second-order valence-electron chi connectivity index (χ2n) is 4.86. The van der Waals surface area contributed by atoms with Gasteiger partial charge in [-0.05, 0) is 31.0 Å². The number of carbonyl (C=O) groups is 1. The summed E-state index contributed by atoms with van der Waals surface area (Å²) in [6.07, 6.45) is 0.128. The van der Waals surface area contributed by atoms with Crippen molar-refractivity contribution in [2.75, 3.05) is 6.54 Å². The maximum atomic E-state index is 12.0. The Labute approximate surface area is 140 Å². The zero-order valence-corrected chi connectivity index (χ0v) is 13.7. The molecule has 0 unspecified atom stereocenters. The van der Waals surface area contributed by atoms with E-state index in [1.807, 2.05) is 30.3 Å². The van der Waals surface area contributed by atoms with E-state index in [0.29, 0.717) is 22.3 Å². The van der Waals surface area contributed by atoms with Crippen LogP contribution in [0.25, 0.3) is 0 Å². The lowest BCUT2D eigenvalue weighted by molar-refractivity contribution is -0.127. The van der Waals surface area contributed by atoms with Crippen LogP contribution < -0.4 is 10.1 Å². The molecule has 3 nitrogen and oxygen atoms in total. The Morgan fingerprint density at radius 1 is 1.18 bits per heavy atom. The van der Waals surface area contributed by atoms with Gasteiger partial charge in [0, 0.05) is 17.6 Å². The highest BCUT2D eigenvalue weighted by atomic mass is 35.5. The quantitative estimate of drug-likeness (QED) is 0.860. The third kappa shape index (κ3) is 4.93. The Morgan fingerprint density at radius 3 is 2.64 bits per heavy atom. The highest BCUT2D eigenvalue weighted by Gasteiger charge is 2.15. The highest BCUT2D eigenvalue weighted by Crippen LogP contribution is 2.28. The molecule has 0 aliphatic heterocycles. The summed E-state index contributed by atoms with van der Waals surface area (Å²) in [5.41, 5.74) is 1.18. The molecule has 116 valence electrons. The fourth-order valence-electron chi connectivity index (χ4n) is 1.93. The molecule has 0 aliphatic carbocycles. The van der Waals surface area contributed by atoms with Gasteiger partial charge in [-0.15, -0.1) is 0 Å². The smallest absolute Gasteiger partial charge is 0.260 e. The second-order valence-corrected chi connectivity index (χ2v) is 5.71. The molecule has 2 aromatic carbocycles. The van der Waals surface area contributed by atoms with Gasteiger partial charge in [0.2, 0.25) is 0 Å². The molecule has 0 fully saturated rings. The van der Waals surface area contributed by atoms with Crippen LogP contribution in [0, 0.1) is 0 Å². The van der Waals surface area contributed by atoms with Gasteiger partial charge in [0.25, 0.3) is 5.91 Å². The number of benzene rings is 2. The first-order chi connectivity index (χ1) is 10.6. The molecule has 2 aromatic rings. The molecule has 0 saturated carbocycles. The molecule has 0 aliphatic rings. The average Bonchev–Trinajstić information content (AvgIpc) is 2.52. The van der Waals surface area contributed by atoms with Gasteiger partial charge in [0.15, 0.2) is 6.10 Å². The van der Waals surface area contributed by atoms with Crippen LogP contribution >= 0.6 is 23.2 Å². The number of carbonyl (C=O) groups excluding carboxylic acids is 1. The Kier molecular flexibility index (Phi) is 6.10. The normalized spacial score (nSPS) is 11.8. The summed E-state index contributed by atoms with van der Waals surface area (Å²) in [6, 6.07) is 14.9. The van der Waals surface area contributed by atoms with E-state index in [9.17, 15) is 4.79 Å². The first-order valence-electron chi connectivity index (χ1n) is 6.99. The van der Waals surface area contributed by atoms with E-state index in [-0.39, 0.29) is 5.91 Å². The van der Waals surface area contributed by atoms with Crippen LogP contribution in [0.3, 0.4) is 0 Å². The van der Waals surface area contributed by atoms with Crippen molar-refractivity contribution in [3.8, 4) is 5.75 Å². The van der Waals surface area contributed by atoms with E-state index in [1.165, 1.54) is 5.56 Å². The molecule has 2 rings (SSSR count). The molecule has 0 spiro atoms. The molecule has 0 heterocycles. The fraction of sp³-hybridized carbons (Fsp3) is 0.235. The van der Waals surface area contributed by atoms with Gasteiger partial charge >= 0.3 is 0 Å². The Hall–Kier alpha value is -1.71. The lowest BCUT2D eigenvalue weighted by Crippen LogP contribution is -2.37. The molecule has 22 heavy (non-hydrogen) atoms. The number of hydrogen-bond donors (Lipinski definition) is 1. The molecule has 1 atom stereocenters. The van der Waals surface area contributed by atoms with Crippen molar-refractivity contribution in [1.29, 1.82) is 0 Å². The summed E-state index contributed by atoms with van der Waals surface area (Å²) in [5, 5.41) is 3.78. The van der Waals surface area contributed by atoms with Crippen molar-refractivity contribution >= 4 is 29.1 Å². The van der Waals surface area contributed by atoms with Crippen molar-refractivity contribution in [2.45, 2.75) is 19.4 Å². The molecule has 0 bridgehead atoms. The minimum Gasteiger partial charge on any atom is -0.479 e. The summed E-state index contributed by atoms with van der Waals surface area (Å²) in [5.74, 6) is 0.215. The van der Waals surface area contributed by atoms with Gasteiger partial charge in [-0.2, -0.15) is 0 Å². The molecule has 1 amide bonds. The number of hydrogen-bond acceptors (Lipinski definition) is 2. The number of ether oxygens (including phenoxy) is 1. The van der Waals surface area contributed by atoms with Crippen LogP contribution in [0.15, 0.2) is 48.5 Å². The summed E-state index contributed by atoms with van der Waals surface area (Å²) in [6.45, 7) is 2.23. The van der Waals surface area contributed by atoms with Crippen LogP contribution in [0.2, 0.25) is 10.0 Å². The molecule has 1 N–H and O–H groups in total. The third-order valence-corrected chi connectivity index (χ3v) is 3.67. The van der Waals surface area contributed by atoms with Crippen LogP contribution in [-0.4, -0.2) is 18.6 Å². The monoisotopic (exact) mass is 337 g/mol. The van der Waals surface area contributed by atoms with Crippen molar-refractivity contribution in [1.82, 2.24) is 5.32 Å². The average molecular weight is 338 g/mol. The number of halogens is 2. The van der Waals surface area contributed by atoms with Gasteiger partial charge in [0.1, 0.15) is 5.75 Å². The second kappa shape index (κ2) is 8.06. The van der Waals surface area contributed by atoms with E-state index in [2.05, 4.69) is 5.32 Å². The van der Waals surface area contributed by atoms with Crippen molar-refractivity contribution in [2.24, 2.45) is 0 Å². The highest BCUT2D eigenvalue weighted by molar-refractivity contribution is 6.34. The lowest BCUT2D eigenvalue weighted by Gasteiger charge is -2.15. The lowest BCUT2D eigenvalue weighted by atomic mass is 10.1. The zero-order chi connectivity index (χ0) is 15.9. The molecule has 0 radical (unpaired) electrons. The van der Waals surface area contributed by atoms with E-state index in [0.717, 1.165) is 6.42 Å². The topological polar surface area (TPSA) is 38.3 Å². The standard InChI is InChI=1S/C17H17Cl2NO2/c1-12(22-16-11-14(18)7-8-15(16)19)17(21)20-10-9-13-5-3-2-4-6-13/h2-8,11-12H,9-10H2,1H3,(H,20,21)/t12-/m1/s1. The minimum atomic E-state index is -0.647. The number of nitrogens with one attached hydrogen (secondary N) is 1. The maximum Gasteiger partial charge on any atom is 0.260 e. The van der Waals surface area contributed by atoms with E-state index in [1.54, 1.807) is 25.1 Å². The van der Waals surface area contributed by atoms with Gasteiger partial charge < -0.3 is 10.1 Å². The summed E-state index contributed by atoms with van der Waals surface area (Å²) >= 11 is 11.9. The van der Waals surface area contributed by atoms with Gasteiger partial charge in [0.05, 0.1) is 5.02 Å². The van der Waals surface area contributed by atoms with Crippen LogP contribution in [0.4, 0.5) is 0 Å². The summed E-state index contributed by atoms with van der Waals surface area (Å²) < 4.78 is 5.56. The molecule has 0 saturated heterocycles. The third-order valence-electron chi connectivity index (χ3n) is 3.12. The van der Waals surface area contributed by atoms with E-state index in [4.69, 9.17) is 27.9 Å². The minimum absolute atomic E-state index is 0.188. The molecule has 5 heteroatoms. The van der Waals surface area contributed by atoms with Crippen LogP contribution in [-0.2, 0) is 11.2 Å². The van der Waals surface area contributed by atoms with Crippen LogP contribution in [0.5, 0.6) is 5.75 Å². The van der Waals surface area contributed by atoms with Gasteiger partial charge in [-0.25, -0.2) is 0 Å².